The van der Waals surface area contributed by atoms with Gasteiger partial charge in [0.2, 0.25) is 5.95 Å². The minimum Gasteiger partial charge on any atom is -0.350 e. The van der Waals surface area contributed by atoms with E-state index in [0.717, 1.165) is 16.8 Å². The van der Waals surface area contributed by atoms with Gasteiger partial charge < -0.3 is 10.6 Å². The Hall–Kier alpha value is -3.28. The summed E-state index contributed by atoms with van der Waals surface area (Å²) in [6.45, 7) is 2.45. The fourth-order valence-corrected chi connectivity index (χ4v) is 2.37. The number of hydrogen-bond acceptors (Lipinski definition) is 4. The average molecular weight is 350 g/mol. The normalized spacial score (nSPS) is 10.4. The highest BCUT2D eigenvalue weighted by atomic mass is 19.1. The number of nitrogens with zero attached hydrogens (tertiary/aromatic N) is 2. The molecule has 132 valence electrons. The van der Waals surface area contributed by atoms with Crippen molar-refractivity contribution in [2.45, 2.75) is 13.3 Å². The molecule has 0 bridgehead atoms. The second-order valence-electron chi connectivity index (χ2n) is 5.89. The molecule has 2 N–H and O–H groups in total. The molecular formula is C20H19FN4O. The minimum absolute atomic E-state index is 0.271. The third-order valence-corrected chi connectivity index (χ3v) is 3.81. The standard InChI is InChI=1S/C20H19FN4O/c1-14-2-8-17(9-3-14)24-20-23-13-11-18(25-20)19(26)22-12-10-15-4-6-16(21)7-5-15/h2-9,11,13H,10,12H2,1H3,(H,22,26)(H,23,24,25). The number of carbonyl (C=O) groups excluding carboxylic acids is 1. The first kappa shape index (κ1) is 17.5. The van der Waals surface area contributed by atoms with Gasteiger partial charge >= 0.3 is 0 Å². The first-order chi connectivity index (χ1) is 12.6. The van der Waals surface area contributed by atoms with E-state index in [0.29, 0.717) is 18.9 Å². The quantitative estimate of drug-likeness (QED) is 0.712. The van der Waals surface area contributed by atoms with E-state index in [9.17, 15) is 9.18 Å². The Morgan fingerprint density at radius 3 is 2.50 bits per heavy atom. The van der Waals surface area contributed by atoms with Crippen molar-refractivity contribution in [1.82, 2.24) is 15.3 Å². The number of aromatic nitrogens is 2. The molecule has 0 radical (unpaired) electrons. The third kappa shape index (κ3) is 4.86. The summed E-state index contributed by atoms with van der Waals surface area (Å²) in [7, 11) is 0. The molecule has 26 heavy (non-hydrogen) atoms. The van der Waals surface area contributed by atoms with Crippen molar-refractivity contribution < 1.29 is 9.18 Å². The summed E-state index contributed by atoms with van der Waals surface area (Å²) in [6, 6.07) is 15.6. The SMILES string of the molecule is Cc1ccc(Nc2nccc(C(=O)NCCc3ccc(F)cc3)n2)cc1. The fraction of sp³-hybridized carbons (Fsp3) is 0.150. The summed E-state index contributed by atoms with van der Waals surface area (Å²) in [6.07, 6.45) is 2.16. The number of rotatable bonds is 6. The predicted molar refractivity (Wildman–Crippen MR) is 98.9 cm³/mol. The first-order valence-electron chi connectivity index (χ1n) is 8.29. The van der Waals surface area contributed by atoms with Crippen LogP contribution in [-0.4, -0.2) is 22.4 Å². The zero-order valence-electron chi connectivity index (χ0n) is 14.4. The van der Waals surface area contributed by atoms with Gasteiger partial charge in [0.25, 0.3) is 5.91 Å². The number of benzene rings is 2. The van der Waals surface area contributed by atoms with Gasteiger partial charge in [-0.15, -0.1) is 0 Å². The number of aryl methyl sites for hydroxylation is 1. The molecule has 0 saturated carbocycles. The van der Waals surface area contributed by atoms with Crippen LogP contribution < -0.4 is 10.6 Å². The van der Waals surface area contributed by atoms with E-state index in [1.807, 2.05) is 31.2 Å². The summed E-state index contributed by atoms with van der Waals surface area (Å²) in [4.78, 5) is 20.6. The van der Waals surface area contributed by atoms with Crippen LogP contribution in [0.2, 0.25) is 0 Å². The van der Waals surface area contributed by atoms with Gasteiger partial charge in [-0.1, -0.05) is 29.8 Å². The summed E-state index contributed by atoms with van der Waals surface area (Å²) < 4.78 is 12.9. The molecule has 3 rings (SSSR count). The van der Waals surface area contributed by atoms with Gasteiger partial charge in [0, 0.05) is 18.4 Å². The van der Waals surface area contributed by atoms with Crippen LogP contribution in [0.15, 0.2) is 60.8 Å². The average Bonchev–Trinajstić information content (AvgIpc) is 2.65. The van der Waals surface area contributed by atoms with E-state index >= 15 is 0 Å². The molecule has 6 heteroatoms. The van der Waals surface area contributed by atoms with E-state index in [4.69, 9.17) is 0 Å². The van der Waals surface area contributed by atoms with Gasteiger partial charge in [-0.3, -0.25) is 4.79 Å². The molecule has 0 atom stereocenters. The van der Waals surface area contributed by atoms with Crippen molar-refractivity contribution in [1.29, 1.82) is 0 Å². The van der Waals surface area contributed by atoms with Crippen LogP contribution in [0, 0.1) is 12.7 Å². The van der Waals surface area contributed by atoms with E-state index in [1.54, 1.807) is 24.4 Å². The molecule has 0 fully saturated rings. The summed E-state index contributed by atoms with van der Waals surface area (Å²) in [5.74, 6) is -0.186. The van der Waals surface area contributed by atoms with Crippen LogP contribution in [-0.2, 0) is 6.42 Å². The molecule has 5 nitrogen and oxygen atoms in total. The topological polar surface area (TPSA) is 66.9 Å². The Balaban J connectivity index is 1.57. The van der Waals surface area contributed by atoms with Crippen molar-refractivity contribution in [3.63, 3.8) is 0 Å². The van der Waals surface area contributed by atoms with Crippen LogP contribution in [0.4, 0.5) is 16.0 Å². The fourth-order valence-electron chi connectivity index (χ4n) is 2.37. The lowest BCUT2D eigenvalue weighted by Crippen LogP contribution is -2.26. The molecule has 0 aliphatic carbocycles. The van der Waals surface area contributed by atoms with E-state index < -0.39 is 0 Å². The van der Waals surface area contributed by atoms with Crippen molar-refractivity contribution in [2.24, 2.45) is 0 Å². The monoisotopic (exact) mass is 350 g/mol. The number of carbonyl (C=O) groups is 1. The lowest BCUT2D eigenvalue weighted by Gasteiger charge is -2.08. The van der Waals surface area contributed by atoms with Crippen molar-refractivity contribution in [2.75, 3.05) is 11.9 Å². The van der Waals surface area contributed by atoms with E-state index in [2.05, 4.69) is 20.6 Å². The maximum atomic E-state index is 12.9. The number of hydrogen-bond donors (Lipinski definition) is 2. The second-order valence-corrected chi connectivity index (χ2v) is 5.89. The van der Waals surface area contributed by atoms with Gasteiger partial charge in [0.15, 0.2) is 0 Å². The number of nitrogens with one attached hydrogen (secondary N) is 2. The molecule has 1 aromatic heterocycles. The second kappa shape index (κ2) is 8.20. The molecule has 0 saturated heterocycles. The molecule has 0 aliphatic heterocycles. The largest absolute Gasteiger partial charge is 0.350 e. The van der Waals surface area contributed by atoms with Crippen LogP contribution in [0.5, 0.6) is 0 Å². The highest BCUT2D eigenvalue weighted by Gasteiger charge is 2.08. The van der Waals surface area contributed by atoms with Crippen LogP contribution in [0.25, 0.3) is 0 Å². The predicted octanol–water partition coefficient (Wildman–Crippen LogP) is 3.64. The number of amides is 1. The van der Waals surface area contributed by atoms with Gasteiger partial charge in [0.05, 0.1) is 0 Å². The molecule has 2 aromatic carbocycles. The number of halogens is 1. The Kier molecular flexibility index (Phi) is 5.53. The smallest absolute Gasteiger partial charge is 0.270 e. The molecule has 0 unspecified atom stereocenters. The van der Waals surface area contributed by atoms with Crippen LogP contribution in [0.3, 0.4) is 0 Å². The van der Waals surface area contributed by atoms with Crippen LogP contribution in [0.1, 0.15) is 21.6 Å². The molecule has 1 heterocycles. The Bertz CT molecular complexity index is 879. The van der Waals surface area contributed by atoms with Gasteiger partial charge in [-0.2, -0.15) is 0 Å². The molecule has 3 aromatic rings. The van der Waals surface area contributed by atoms with Gasteiger partial charge in [-0.05, 0) is 49.2 Å². The van der Waals surface area contributed by atoms with Crippen molar-refractivity contribution in [3.8, 4) is 0 Å². The van der Waals surface area contributed by atoms with Gasteiger partial charge in [0.1, 0.15) is 11.5 Å². The number of anilines is 2. The van der Waals surface area contributed by atoms with Crippen molar-refractivity contribution in [3.05, 3.63) is 83.4 Å². The van der Waals surface area contributed by atoms with Crippen LogP contribution >= 0.6 is 0 Å². The molecular weight excluding hydrogens is 331 g/mol. The molecule has 0 spiro atoms. The summed E-state index contributed by atoms with van der Waals surface area (Å²) >= 11 is 0. The van der Waals surface area contributed by atoms with Gasteiger partial charge in [-0.25, -0.2) is 14.4 Å². The Morgan fingerprint density at radius 2 is 1.77 bits per heavy atom. The maximum absolute atomic E-state index is 12.9. The Labute approximate surface area is 151 Å². The third-order valence-electron chi connectivity index (χ3n) is 3.81. The van der Waals surface area contributed by atoms with Crippen molar-refractivity contribution >= 4 is 17.5 Å². The lowest BCUT2D eigenvalue weighted by atomic mass is 10.1. The molecule has 0 aliphatic rings. The first-order valence-corrected chi connectivity index (χ1v) is 8.29. The summed E-state index contributed by atoms with van der Waals surface area (Å²) in [5.41, 5.74) is 3.25. The lowest BCUT2D eigenvalue weighted by molar-refractivity contribution is 0.0949. The zero-order chi connectivity index (χ0) is 18.4. The zero-order valence-corrected chi connectivity index (χ0v) is 14.4. The summed E-state index contributed by atoms with van der Waals surface area (Å²) in [5, 5.41) is 5.89. The highest BCUT2D eigenvalue weighted by molar-refractivity contribution is 5.92. The Morgan fingerprint density at radius 1 is 1.04 bits per heavy atom. The van der Waals surface area contributed by atoms with E-state index in [-0.39, 0.29) is 17.4 Å². The molecule has 1 amide bonds. The maximum Gasteiger partial charge on any atom is 0.270 e. The highest BCUT2D eigenvalue weighted by Crippen LogP contribution is 2.13. The minimum atomic E-state index is -0.276. The van der Waals surface area contributed by atoms with E-state index in [1.165, 1.54) is 12.1 Å².